The van der Waals surface area contributed by atoms with E-state index in [0.29, 0.717) is 24.2 Å². The number of hydrogen-bond acceptors (Lipinski definition) is 3. The molecular formula is C12H23BrN2O3. The average Bonchev–Trinajstić information content (AvgIpc) is 2.23. The minimum Gasteiger partial charge on any atom is -1.00 e. The highest BCUT2D eigenvalue weighted by Crippen LogP contribution is 1.99. The normalized spacial score (nSPS) is 10.2. The Hall–Kier alpha value is -0.880. The molecule has 0 fully saturated rings. The van der Waals surface area contributed by atoms with E-state index >= 15 is 0 Å². The average molecular weight is 323 g/mol. The van der Waals surface area contributed by atoms with E-state index in [9.17, 15) is 9.59 Å². The van der Waals surface area contributed by atoms with Crippen LogP contribution in [0, 0.1) is 0 Å². The van der Waals surface area contributed by atoms with Crippen LogP contribution in [0.5, 0.6) is 0 Å². The summed E-state index contributed by atoms with van der Waals surface area (Å²) in [6, 6.07) is 0. The number of quaternary nitrogens is 1. The van der Waals surface area contributed by atoms with Crippen LogP contribution in [0.15, 0.2) is 12.7 Å². The van der Waals surface area contributed by atoms with Gasteiger partial charge in [0.1, 0.15) is 0 Å². The molecule has 0 aromatic heterocycles. The van der Waals surface area contributed by atoms with Gasteiger partial charge in [-0.25, -0.2) is 4.79 Å². The predicted octanol–water partition coefficient (Wildman–Crippen LogP) is -2.68. The number of esters is 1. The Morgan fingerprint density at radius 1 is 1.39 bits per heavy atom. The van der Waals surface area contributed by atoms with Crippen molar-refractivity contribution in [3.63, 3.8) is 0 Å². The third kappa shape index (κ3) is 10.3. The molecule has 0 unspecified atom stereocenters. The monoisotopic (exact) mass is 322 g/mol. The second-order valence-electron chi connectivity index (χ2n) is 4.47. The number of carbonyl (C=O) groups is 2. The first-order valence-corrected chi connectivity index (χ1v) is 5.79. The van der Waals surface area contributed by atoms with Crippen LogP contribution in [0.2, 0.25) is 0 Å². The Morgan fingerprint density at radius 2 is 2.00 bits per heavy atom. The summed E-state index contributed by atoms with van der Waals surface area (Å²) < 4.78 is 5.46. The topological polar surface area (TPSA) is 55.4 Å². The van der Waals surface area contributed by atoms with E-state index in [1.165, 1.54) is 6.08 Å². The highest BCUT2D eigenvalue weighted by Gasteiger charge is 2.20. The van der Waals surface area contributed by atoms with Gasteiger partial charge in [0.2, 0.25) is 5.91 Å². The number of nitrogens with zero attached hydrogens (tertiary/aromatic N) is 1. The summed E-state index contributed by atoms with van der Waals surface area (Å²) in [7, 11) is 3.93. The Bertz CT molecular complexity index is 280. The summed E-state index contributed by atoms with van der Waals surface area (Å²) in [5.74, 6) is -0.353. The summed E-state index contributed by atoms with van der Waals surface area (Å²) in [5.41, 5.74) is 0. The van der Waals surface area contributed by atoms with Gasteiger partial charge in [0.05, 0.1) is 27.2 Å². The smallest absolute Gasteiger partial charge is 0.361 e. The van der Waals surface area contributed by atoms with Crippen LogP contribution in [0.25, 0.3) is 0 Å². The fourth-order valence-electron chi connectivity index (χ4n) is 1.43. The van der Waals surface area contributed by atoms with Crippen molar-refractivity contribution >= 4 is 11.9 Å². The van der Waals surface area contributed by atoms with Crippen molar-refractivity contribution in [2.45, 2.75) is 13.3 Å². The quantitative estimate of drug-likeness (QED) is 0.229. The minimum atomic E-state index is -0.187. The number of halogens is 1. The summed E-state index contributed by atoms with van der Waals surface area (Å²) in [6.45, 7) is 7.32. The van der Waals surface area contributed by atoms with Crippen LogP contribution in [-0.4, -0.2) is 56.7 Å². The van der Waals surface area contributed by atoms with Gasteiger partial charge in [-0.05, 0) is 13.0 Å². The lowest BCUT2D eigenvalue weighted by Crippen LogP contribution is -3.00. The van der Waals surface area contributed by atoms with Crippen LogP contribution in [0.3, 0.4) is 0 Å². The van der Waals surface area contributed by atoms with Gasteiger partial charge in [0.25, 0.3) is 0 Å². The zero-order chi connectivity index (χ0) is 13.3. The maximum atomic E-state index is 11.3. The number of carbonyl (C=O) groups excluding carboxylic acids is 2. The Labute approximate surface area is 120 Å². The van der Waals surface area contributed by atoms with Crippen LogP contribution >= 0.6 is 0 Å². The fraction of sp³-hybridized carbons (Fsp3) is 0.667. The van der Waals surface area contributed by atoms with Gasteiger partial charge in [0, 0.05) is 13.0 Å². The third-order valence-electron chi connectivity index (χ3n) is 2.29. The summed E-state index contributed by atoms with van der Waals surface area (Å²) in [6.07, 6.45) is 2.06. The van der Waals surface area contributed by atoms with Gasteiger partial charge in [-0.15, -0.1) is 0 Å². The number of nitrogens with one attached hydrogen (secondary N) is 1. The molecule has 1 N–H and O–H groups in total. The zero-order valence-corrected chi connectivity index (χ0v) is 13.0. The van der Waals surface area contributed by atoms with Gasteiger partial charge >= 0.3 is 5.97 Å². The van der Waals surface area contributed by atoms with Crippen LogP contribution in [-0.2, 0) is 14.3 Å². The number of ether oxygens (including phenoxy) is 1. The van der Waals surface area contributed by atoms with Crippen molar-refractivity contribution in [1.82, 2.24) is 5.32 Å². The van der Waals surface area contributed by atoms with Crippen molar-refractivity contribution in [2.75, 3.05) is 40.3 Å². The Morgan fingerprint density at radius 3 is 2.50 bits per heavy atom. The largest absolute Gasteiger partial charge is 1.00 e. The molecule has 0 rings (SSSR count). The molecule has 0 aliphatic rings. The predicted molar refractivity (Wildman–Crippen MR) is 66.3 cm³/mol. The lowest BCUT2D eigenvalue weighted by Gasteiger charge is -2.28. The van der Waals surface area contributed by atoms with E-state index in [0.717, 1.165) is 13.0 Å². The van der Waals surface area contributed by atoms with E-state index in [-0.39, 0.29) is 28.9 Å². The van der Waals surface area contributed by atoms with Crippen molar-refractivity contribution in [1.29, 1.82) is 0 Å². The summed E-state index contributed by atoms with van der Waals surface area (Å²) in [5, 5.41) is 2.70. The van der Waals surface area contributed by atoms with E-state index in [2.05, 4.69) is 11.9 Å². The van der Waals surface area contributed by atoms with E-state index in [4.69, 9.17) is 4.74 Å². The maximum Gasteiger partial charge on any atom is 0.361 e. The molecule has 106 valence electrons. The standard InChI is InChI=1S/C12H22N2O3.BrH/c1-5-11(15)13-8-7-9-14(3,4)10-12(16)17-6-2;/h5H,1,6-10H2,2-4H3;1H. The Kier molecular flexibility index (Phi) is 10.9. The molecule has 0 spiro atoms. The highest BCUT2D eigenvalue weighted by atomic mass is 79.9. The van der Waals surface area contributed by atoms with Crippen molar-refractivity contribution in [2.24, 2.45) is 0 Å². The fourth-order valence-corrected chi connectivity index (χ4v) is 1.43. The molecule has 0 aromatic rings. The molecule has 0 aliphatic heterocycles. The van der Waals surface area contributed by atoms with Gasteiger partial charge in [-0.3, -0.25) is 4.79 Å². The third-order valence-corrected chi connectivity index (χ3v) is 2.29. The van der Waals surface area contributed by atoms with Crippen LogP contribution < -0.4 is 22.3 Å². The lowest BCUT2D eigenvalue weighted by atomic mass is 10.3. The van der Waals surface area contributed by atoms with Crippen LogP contribution in [0.1, 0.15) is 13.3 Å². The molecule has 0 radical (unpaired) electrons. The second-order valence-corrected chi connectivity index (χ2v) is 4.47. The zero-order valence-electron chi connectivity index (χ0n) is 11.4. The molecule has 1 amide bonds. The van der Waals surface area contributed by atoms with E-state index in [1.807, 2.05) is 14.1 Å². The molecule has 6 heteroatoms. The first kappa shape index (κ1) is 19.5. The molecule has 5 nitrogen and oxygen atoms in total. The van der Waals surface area contributed by atoms with Crippen molar-refractivity contribution < 1.29 is 35.8 Å². The van der Waals surface area contributed by atoms with Gasteiger partial charge < -0.3 is 31.5 Å². The number of amides is 1. The molecule has 0 saturated heterocycles. The van der Waals surface area contributed by atoms with Crippen molar-refractivity contribution in [3.05, 3.63) is 12.7 Å². The molecule has 18 heavy (non-hydrogen) atoms. The number of rotatable bonds is 8. The maximum absolute atomic E-state index is 11.3. The molecule has 0 bridgehead atoms. The molecule has 0 heterocycles. The second kappa shape index (κ2) is 10.1. The molecule has 0 aromatic carbocycles. The van der Waals surface area contributed by atoms with E-state index in [1.54, 1.807) is 6.92 Å². The molecule has 0 aliphatic carbocycles. The lowest BCUT2D eigenvalue weighted by molar-refractivity contribution is -0.883. The first-order chi connectivity index (χ1) is 7.91. The van der Waals surface area contributed by atoms with Gasteiger partial charge in [0.15, 0.2) is 6.54 Å². The SMILES string of the molecule is C=CC(=O)NCCC[N+](C)(C)CC(=O)OCC.[Br-]. The van der Waals surface area contributed by atoms with Gasteiger partial charge in [-0.1, -0.05) is 6.58 Å². The van der Waals surface area contributed by atoms with Gasteiger partial charge in [-0.2, -0.15) is 0 Å². The number of hydrogen-bond donors (Lipinski definition) is 1. The summed E-state index contributed by atoms with van der Waals surface area (Å²) in [4.78, 5) is 22.2. The molecule has 0 atom stereocenters. The molecule has 0 saturated carbocycles. The minimum absolute atomic E-state index is 0. The summed E-state index contributed by atoms with van der Waals surface area (Å²) >= 11 is 0. The van der Waals surface area contributed by atoms with Crippen LogP contribution in [0.4, 0.5) is 0 Å². The highest BCUT2D eigenvalue weighted by molar-refractivity contribution is 5.86. The molecular weight excluding hydrogens is 300 g/mol. The number of likely N-dealkylation sites (N-methyl/N-ethyl adjacent to an activating group) is 1. The first-order valence-electron chi connectivity index (χ1n) is 5.79. The van der Waals surface area contributed by atoms with E-state index < -0.39 is 0 Å². The Balaban J connectivity index is 0. The van der Waals surface area contributed by atoms with Crippen molar-refractivity contribution in [3.8, 4) is 0 Å².